The second-order valence-corrected chi connectivity index (χ2v) is 8.00. The Morgan fingerprint density at radius 1 is 0.828 bits per heavy atom. The van der Waals surface area contributed by atoms with E-state index in [1.54, 1.807) is 12.1 Å². The highest BCUT2D eigenvalue weighted by Crippen LogP contribution is 2.24. The van der Waals surface area contributed by atoms with Crippen molar-refractivity contribution in [3.05, 3.63) is 89.0 Å². The quantitative estimate of drug-likeness (QED) is 0.526. The molecule has 5 heteroatoms. The van der Waals surface area contributed by atoms with E-state index in [2.05, 4.69) is 10.6 Å². The number of rotatable bonds is 6. The van der Waals surface area contributed by atoms with E-state index in [0.29, 0.717) is 17.0 Å². The first-order chi connectivity index (χ1) is 13.9. The molecule has 3 aromatic rings. The number of thioether (sulfide) groups is 1. The number of para-hydroxylation sites is 1. The van der Waals surface area contributed by atoms with Gasteiger partial charge in [-0.1, -0.05) is 42.0 Å². The van der Waals surface area contributed by atoms with Crippen LogP contribution in [0.1, 0.15) is 27.0 Å². The van der Waals surface area contributed by atoms with Crippen LogP contribution in [0.25, 0.3) is 0 Å². The molecule has 0 spiro atoms. The number of carbonyl (C=O) groups is 2. The van der Waals surface area contributed by atoms with E-state index >= 15 is 0 Å². The van der Waals surface area contributed by atoms with Crippen molar-refractivity contribution in [1.29, 1.82) is 0 Å². The maximum atomic E-state index is 12.4. The molecule has 0 aliphatic rings. The van der Waals surface area contributed by atoms with Crippen molar-refractivity contribution in [3.63, 3.8) is 0 Å². The molecule has 0 atom stereocenters. The first-order valence-electron chi connectivity index (χ1n) is 9.39. The fraction of sp³-hybridized carbons (Fsp3) is 0.167. The van der Waals surface area contributed by atoms with E-state index in [0.717, 1.165) is 27.3 Å². The Balaban J connectivity index is 1.59. The number of nitrogens with one attached hydrogen (secondary N) is 2. The number of anilines is 2. The second-order valence-electron chi connectivity index (χ2n) is 6.95. The fourth-order valence-electron chi connectivity index (χ4n) is 2.91. The largest absolute Gasteiger partial charge is 0.325 e. The van der Waals surface area contributed by atoms with Gasteiger partial charge in [-0.3, -0.25) is 9.59 Å². The van der Waals surface area contributed by atoms with E-state index in [1.165, 1.54) is 11.8 Å². The molecule has 2 N–H and O–H groups in total. The monoisotopic (exact) mass is 404 g/mol. The van der Waals surface area contributed by atoms with Gasteiger partial charge in [-0.25, -0.2) is 0 Å². The third-order valence-corrected chi connectivity index (χ3v) is 5.51. The number of benzene rings is 3. The molecule has 0 bridgehead atoms. The molecule has 0 fully saturated rings. The zero-order valence-electron chi connectivity index (χ0n) is 16.8. The molecule has 29 heavy (non-hydrogen) atoms. The van der Waals surface area contributed by atoms with E-state index in [4.69, 9.17) is 0 Å². The lowest BCUT2D eigenvalue weighted by Crippen LogP contribution is -2.15. The molecular formula is C24H24N2O2S. The highest BCUT2D eigenvalue weighted by atomic mass is 32.2. The summed E-state index contributed by atoms with van der Waals surface area (Å²) in [6.07, 6.45) is 0. The van der Waals surface area contributed by atoms with Crippen LogP contribution in [-0.2, 0) is 4.79 Å². The minimum Gasteiger partial charge on any atom is -0.325 e. The topological polar surface area (TPSA) is 58.2 Å². The molecule has 0 aliphatic heterocycles. The van der Waals surface area contributed by atoms with Gasteiger partial charge in [-0.05, 0) is 62.2 Å². The summed E-state index contributed by atoms with van der Waals surface area (Å²) in [7, 11) is 0. The molecule has 3 aromatic carbocycles. The maximum Gasteiger partial charge on any atom is 0.255 e. The summed E-state index contributed by atoms with van der Waals surface area (Å²) in [5.41, 5.74) is 5.39. The molecule has 0 radical (unpaired) electrons. The van der Waals surface area contributed by atoms with Crippen molar-refractivity contribution < 1.29 is 9.59 Å². The van der Waals surface area contributed by atoms with Gasteiger partial charge in [0.05, 0.1) is 5.75 Å². The molecule has 0 heterocycles. The summed E-state index contributed by atoms with van der Waals surface area (Å²) < 4.78 is 0. The molecule has 3 rings (SSSR count). The molecule has 0 saturated carbocycles. The minimum atomic E-state index is -0.153. The Labute approximate surface area is 175 Å². The summed E-state index contributed by atoms with van der Waals surface area (Å²) in [6, 6.07) is 20.9. The van der Waals surface area contributed by atoms with E-state index in [1.807, 2.05) is 75.4 Å². The van der Waals surface area contributed by atoms with E-state index < -0.39 is 0 Å². The fourth-order valence-corrected chi connectivity index (χ4v) is 3.66. The Morgan fingerprint density at radius 3 is 2.17 bits per heavy atom. The van der Waals surface area contributed by atoms with Crippen molar-refractivity contribution >= 4 is 35.0 Å². The molecular weight excluding hydrogens is 380 g/mol. The highest BCUT2D eigenvalue weighted by Gasteiger charge is 2.09. The summed E-state index contributed by atoms with van der Waals surface area (Å²) >= 11 is 1.44. The van der Waals surface area contributed by atoms with Crippen molar-refractivity contribution in [2.24, 2.45) is 0 Å². The van der Waals surface area contributed by atoms with Gasteiger partial charge in [0.15, 0.2) is 0 Å². The molecule has 4 nitrogen and oxygen atoms in total. The minimum absolute atomic E-state index is 0.0542. The van der Waals surface area contributed by atoms with Crippen LogP contribution < -0.4 is 10.6 Å². The lowest BCUT2D eigenvalue weighted by molar-refractivity contribution is -0.113. The number of amides is 2. The van der Waals surface area contributed by atoms with Crippen LogP contribution in [0.15, 0.2) is 71.6 Å². The summed E-state index contributed by atoms with van der Waals surface area (Å²) in [6.45, 7) is 5.95. The van der Waals surface area contributed by atoms with Gasteiger partial charge in [0.1, 0.15) is 0 Å². The van der Waals surface area contributed by atoms with Gasteiger partial charge in [0.25, 0.3) is 5.91 Å². The standard InChI is InChI=1S/C24H24N2O2S/c1-16-10-12-19(13-11-16)24(28)25-20-8-5-9-21(14-20)29-15-22(27)26-23-17(2)6-4-7-18(23)3/h4-14H,15H2,1-3H3,(H,25,28)(H,26,27). The zero-order chi connectivity index (χ0) is 20.8. The van der Waals surface area contributed by atoms with Crippen molar-refractivity contribution in [2.75, 3.05) is 16.4 Å². The third kappa shape index (κ3) is 5.72. The van der Waals surface area contributed by atoms with Gasteiger partial charge >= 0.3 is 0 Å². The molecule has 0 aliphatic carbocycles. The molecule has 0 saturated heterocycles. The number of aryl methyl sites for hydroxylation is 3. The number of carbonyl (C=O) groups excluding carboxylic acids is 2. The van der Waals surface area contributed by atoms with Crippen molar-refractivity contribution in [1.82, 2.24) is 0 Å². The lowest BCUT2D eigenvalue weighted by atomic mass is 10.1. The highest BCUT2D eigenvalue weighted by molar-refractivity contribution is 8.00. The predicted octanol–water partition coefficient (Wildman–Crippen LogP) is 5.59. The van der Waals surface area contributed by atoms with Gasteiger partial charge in [0.2, 0.25) is 5.91 Å². The van der Waals surface area contributed by atoms with E-state index in [9.17, 15) is 9.59 Å². The Morgan fingerprint density at radius 2 is 1.48 bits per heavy atom. The normalized spacial score (nSPS) is 10.4. The Hall–Kier alpha value is -3.05. The van der Waals surface area contributed by atoms with Crippen LogP contribution in [0.4, 0.5) is 11.4 Å². The van der Waals surface area contributed by atoms with Crippen LogP contribution in [0.2, 0.25) is 0 Å². The first kappa shape index (κ1) is 20.7. The second kappa shape index (κ2) is 9.43. The van der Waals surface area contributed by atoms with Crippen LogP contribution in [0, 0.1) is 20.8 Å². The van der Waals surface area contributed by atoms with Crippen molar-refractivity contribution in [2.45, 2.75) is 25.7 Å². The molecule has 0 aromatic heterocycles. The maximum absolute atomic E-state index is 12.4. The smallest absolute Gasteiger partial charge is 0.255 e. The van der Waals surface area contributed by atoms with Gasteiger partial charge in [-0.15, -0.1) is 11.8 Å². The summed E-state index contributed by atoms with van der Waals surface area (Å²) in [5, 5.41) is 5.90. The Kier molecular flexibility index (Phi) is 6.73. The number of hydrogen-bond acceptors (Lipinski definition) is 3. The zero-order valence-corrected chi connectivity index (χ0v) is 17.6. The Bertz CT molecular complexity index is 1010. The summed E-state index contributed by atoms with van der Waals surface area (Å²) in [4.78, 5) is 25.7. The molecule has 2 amide bonds. The number of hydrogen-bond donors (Lipinski definition) is 2. The van der Waals surface area contributed by atoms with Gasteiger partial charge in [-0.2, -0.15) is 0 Å². The molecule has 0 unspecified atom stereocenters. The van der Waals surface area contributed by atoms with Crippen LogP contribution in [0.5, 0.6) is 0 Å². The molecule has 148 valence electrons. The third-order valence-electron chi connectivity index (χ3n) is 4.52. The van der Waals surface area contributed by atoms with Crippen LogP contribution in [-0.4, -0.2) is 17.6 Å². The van der Waals surface area contributed by atoms with Gasteiger partial charge < -0.3 is 10.6 Å². The van der Waals surface area contributed by atoms with Crippen molar-refractivity contribution in [3.8, 4) is 0 Å². The SMILES string of the molecule is Cc1ccc(C(=O)Nc2cccc(SCC(=O)Nc3c(C)cccc3C)c2)cc1. The first-order valence-corrected chi connectivity index (χ1v) is 10.4. The summed E-state index contributed by atoms with van der Waals surface area (Å²) in [5.74, 6) is 0.0878. The average Bonchev–Trinajstić information content (AvgIpc) is 2.70. The average molecular weight is 405 g/mol. The van der Waals surface area contributed by atoms with Crippen LogP contribution >= 0.6 is 11.8 Å². The lowest BCUT2D eigenvalue weighted by Gasteiger charge is -2.11. The van der Waals surface area contributed by atoms with Crippen LogP contribution in [0.3, 0.4) is 0 Å². The van der Waals surface area contributed by atoms with E-state index in [-0.39, 0.29) is 11.8 Å². The van der Waals surface area contributed by atoms with Gasteiger partial charge in [0, 0.05) is 21.8 Å². The predicted molar refractivity (Wildman–Crippen MR) is 121 cm³/mol.